The van der Waals surface area contributed by atoms with Crippen LogP contribution in [0.4, 0.5) is 5.69 Å². The van der Waals surface area contributed by atoms with Crippen molar-refractivity contribution in [2.24, 2.45) is 0 Å². The van der Waals surface area contributed by atoms with Crippen molar-refractivity contribution in [3.63, 3.8) is 0 Å². The Morgan fingerprint density at radius 2 is 1.58 bits per heavy atom. The predicted molar refractivity (Wildman–Crippen MR) is 131 cm³/mol. The molecule has 6 nitrogen and oxygen atoms in total. The molecule has 1 aromatic heterocycles. The number of hydrogen-bond acceptors (Lipinski definition) is 3. The summed E-state index contributed by atoms with van der Waals surface area (Å²) >= 11 is 0. The average molecular weight is 439 g/mol. The van der Waals surface area contributed by atoms with Gasteiger partial charge in [-0.3, -0.25) is 9.59 Å². The smallest absolute Gasteiger partial charge is 0.259 e. The van der Waals surface area contributed by atoms with Gasteiger partial charge < -0.3 is 10.6 Å². The van der Waals surface area contributed by atoms with Crippen LogP contribution in [-0.4, -0.2) is 28.1 Å². The SMILES string of the molecule is CCCNC(=O)c1ccc(NC(=O)c2cn(-c3ccccc3)nc2-c2ccccc2C)cc1. The van der Waals surface area contributed by atoms with Crippen LogP contribution in [0.15, 0.2) is 85.1 Å². The second-order valence-corrected chi connectivity index (χ2v) is 7.77. The lowest BCUT2D eigenvalue weighted by Crippen LogP contribution is -2.23. The highest BCUT2D eigenvalue weighted by Gasteiger charge is 2.20. The summed E-state index contributed by atoms with van der Waals surface area (Å²) in [4.78, 5) is 25.4. The summed E-state index contributed by atoms with van der Waals surface area (Å²) in [6.45, 7) is 4.63. The minimum Gasteiger partial charge on any atom is -0.352 e. The highest BCUT2D eigenvalue weighted by atomic mass is 16.2. The number of nitrogens with zero attached hydrogens (tertiary/aromatic N) is 2. The van der Waals surface area contributed by atoms with Gasteiger partial charge in [0.05, 0.1) is 11.3 Å². The van der Waals surface area contributed by atoms with Crippen molar-refractivity contribution in [1.82, 2.24) is 15.1 Å². The number of aromatic nitrogens is 2. The maximum atomic E-state index is 13.3. The van der Waals surface area contributed by atoms with E-state index < -0.39 is 0 Å². The zero-order chi connectivity index (χ0) is 23.2. The van der Waals surface area contributed by atoms with Crippen LogP contribution in [0.25, 0.3) is 16.9 Å². The second-order valence-electron chi connectivity index (χ2n) is 7.77. The molecule has 0 spiro atoms. The van der Waals surface area contributed by atoms with Gasteiger partial charge in [-0.2, -0.15) is 5.10 Å². The van der Waals surface area contributed by atoms with Gasteiger partial charge in [0.15, 0.2) is 0 Å². The quantitative estimate of drug-likeness (QED) is 0.414. The molecule has 0 unspecified atom stereocenters. The molecule has 1 heterocycles. The van der Waals surface area contributed by atoms with Crippen LogP contribution in [0.1, 0.15) is 39.6 Å². The van der Waals surface area contributed by atoms with Gasteiger partial charge in [0.25, 0.3) is 11.8 Å². The number of anilines is 1. The maximum absolute atomic E-state index is 13.3. The number of hydrogen-bond donors (Lipinski definition) is 2. The molecule has 4 rings (SSSR count). The molecule has 0 saturated heterocycles. The monoisotopic (exact) mass is 438 g/mol. The van der Waals surface area contributed by atoms with Crippen LogP contribution in [-0.2, 0) is 0 Å². The third-order valence-electron chi connectivity index (χ3n) is 5.32. The fraction of sp³-hybridized carbons (Fsp3) is 0.148. The molecule has 0 bridgehead atoms. The summed E-state index contributed by atoms with van der Waals surface area (Å²) in [5.41, 5.74) is 5.05. The summed E-state index contributed by atoms with van der Waals surface area (Å²) in [5.74, 6) is -0.390. The van der Waals surface area contributed by atoms with E-state index in [2.05, 4.69) is 10.6 Å². The zero-order valence-corrected chi connectivity index (χ0v) is 18.7. The van der Waals surface area contributed by atoms with E-state index in [4.69, 9.17) is 5.10 Å². The number of nitrogens with one attached hydrogen (secondary N) is 2. The van der Waals surface area contributed by atoms with Crippen molar-refractivity contribution in [3.05, 3.63) is 102 Å². The average Bonchev–Trinajstić information content (AvgIpc) is 3.29. The third kappa shape index (κ3) is 5.01. The van der Waals surface area contributed by atoms with Gasteiger partial charge in [0.2, 0.25) is 0 Å². The molecule has 3 aromatic carbocycles. The molecule has 0 radical (unpaired) electrons. The lowest BCUT2D eigenvalue weighted by atomic mass is 10.0. The Labute approximate surface area is 193 Å². The number of amides is 2. The molecule has 33 heavy (non-hydrogen) atoms. The van der Waals surface area contributed by atoms with Gasteiger partial charge in [-0.15, -0.1) is 0 Å². The van der Waals surface area contributed by atoms with Gasteiger partial charge >= 0.3 is 0 Å². The van der Waals surface area contributed by atoms with Crippen molar-refractivity contribution in [2.75, 3.05) is 11.9 Å². The van der Waals surface area contributed by atoms with Crippen molar-refractivity contribution >= 4 is 17.5 Å². The molecule has 2 N–H and O–H groups in total. The number of carbonyl (C=O) groups excluding carboxylic acids is 2. The summed E-state index contributed by atoms with van der Waals surface area (Å²) in [7, 11) is 0. The van der Waals surface area contributed by atoms with E-state index in [0.29, 0.717) is 29.1 Å². The predicted octanol–water partition coefficient (Wildman–Crippen LogP) is 5.24. The Kier molecular flexibility index (Phi) is 6.64. The van der Waals surface area contributed by atoms with Crippen LogP contribution in [0, 0.1) is 6.92 Å². The summed E-state index contributed by atoms with van der Waals surface area (Å²) in [6.07, 6.45) is 2.62. The Morgan fingerprint density at radius 1 is 0.879 bits per heavy atom. The minimum absolute atomic E-state index is 0.124. The Hall–Kier alpha value is -4.19. The molecule has 0 aliphatic carbocycles. The van der Waals surface area contributed by atoms with Crippen molar-refractivity contribution in [3.8, 4) is 16.9 Å². The minimum atomic E-state index is -0.265. The standard InChI is InChI=1S/C27H26N4O2/c1-3-17-28-26(32)20-13-15-21(16-14-20)29-27(33)24-18-31(22-10-5-4-6-11-22)30-25(24)23-12-8-7-9-19(23)2/h4-16,18H,3,17H2,1-2H3,(H,28,32)(H,29,33). The molecule has 166 valence electrons. The van der Waals surface area contributed by atoms with Crippen molar-refractivity contribution < 1.29 is 9.59 Å². The van der Waals surface area contributed by atoms with Crippen molar-refractivity contribution in [2.45, 2.75) is 20.3 Å². The topological polar surface area (TPSA) is 76.0 Å². The molecular weight excluding hydrogens is 412 g/mol. The summed E-state index contributed by atoms with van der Waals surface area (Å²) < 4.78 is 1.72. The van der Waals surface area contributed by atoms with Crippen LogP contribution in [0.2, 0.25) is 0 Å². The highest BCUT2D eigenvalue weighted by molar-refractivity contribution is 6.08. The highest BCUT2D eigenvalue weighted by Crippen LogP contribution is 2.27. The third-order valence-corrected chi connectivity index (χ3v) is 5.32. The van der Waals surface area contributed by atoms with E-state index in [9.17, 15) is 9.59 Å². The molecule has 2 amide bonds. The van der Waals surface area contributed by atoms with Crippen LogP contribution in [0.5, 0.6) is 0 Å². The number of para-hydroxylation sites is 1. The van der Waals surface area contributed by atoms with E-state index in [1.807, 2.05) is 68.4 Å². The number of rotatable bonds is 7. The second kappa shape index (κ2) is 9.96. The van der Waals surface area contributed by atoms with Crippen molar-refractivity contribution in [1.29, 1.82) is 0 Å². The van der Waals surface area contributed by atoms with Gasteiger partial charge in [0, 0.05) is 29.6 Å². The molecule has 0 aliphatic rings. The number of aryl methyl sites for hydroxylation is 1. The fourth-order valence-corrected chi connectivity index (χ4v) is 3.53. The lowest BCUT2D eigenvalue weighted by Gasteiger charge is -2.08. The largest absolute Gasteiger partial charge is 0.352 e. The van der Waals surface area contributed by atoms with E-state index in [-0.39, 0.29) is 11.8 Å². The Balaban J connectivity index is 1.63. The normalized spacial score (nSPS) is 10.6. The van der Waals surface area contributed by atoms with E-state index in [1.54, 1.807) is 35.1 Å². The fourth-order valence-electron chi connectivity index (χ4n) is 3.53. The molecule has 0 aliphatic heterocycles. The Bertz CT molecular complexity index is 1260. The van der Waals surface area contributed by atoms with Crippen LogP contribution in [0.3, 0.4) is 0 Å². The molecule has 4 aromatic rings. The molecule has 0 fully saturated rings. The first kappa shape index (κ1) is 22.0. The molecular formula is C27H26N4O2. The molecule has 6 heteroatoms. The van der Waals surface area contributed by atoms with Gasteiger partial charge in [-0.05, 0) is 55.3 Å². The first-order valence-corrected chi connectivity index (χ1v) is 11.0. The first-order chi connectivity index (χ1) is 16.1. The number of benzene rings is 3. The molecule has 0 atom stereocenters. The molecule has 0 saturated carbocycles. The Morgan fingerprint density at radius 3 is 2.27 bits per heavy atom. The maximum Gasteiger partial charge on any atom is 0.259 e. The van der Waals surface area contributed by atoms with Gasteiger partial charge in [-0.25, -0.2) is 4.68 Å². The lowest BCUT2D eigenvalue weighted by molar-refractivity contribution is 0.0953. The zero-order valence-electron chi connectivity index (χ0n) is 18.7. The summed E-state index contributed by atoms with van der Waals surface area (Å²) in [5, 5.41) is 10.5. The van der Waals surface area contributed by atoms with Gasteiger partial charge in [0.1, 0.15) is 5.69 Å². The van der Waals surface area contributed by atoms with Crippen LogP contribution < -0.4 is 10.6 Å². The van der Waals surface area contributed by atoms with E-state index in [1.165, 1.54) is 0 Å². The van der Waals surface area contributed by atoms with Gasteiger partial charge in [-0.1, -0.05) is 49.4 Å². The first-order valence-electron chi connectivity index (χ1n) is 11.0. The van der Waals surface area contributed by atoms with Crippen LogP contribution >= 0.6 is 0 Å². The summed E-state index contributed by atoms with van der Waals surface area (Å²) in [6, 6.07) is 24.4. The number of carbonyl (C=O) groups is 2. The van der Waals surface area contributed by atoms with E-state index >= 15 is 0 Å². The van der Waals surface area contributed by atoms with E-state index in [0.717, 1.165) is 23.2 Å².